The summed E-state index contributed by atoms with van der Waals surface area (Å²) in [5, 5.41) is 24.0. The molecule has 31 heavy (non-hydrogen) atoms. The maximum Gasteiger partial charge on any atom is 0.303 e. The van der Waals surface area contributed by atoms with E-state index < -0.39 is 5.97 Å². The first-order valence-corrected chi connectivity index (χ1v) is 10.2. The lowest BCUT2D eigenvalue weighted by atomic mass is 9.92. The molecule has 8 nitrogen and oxygen atoms in total. The molecule has 0 spiro atoms. The third-order valence-corrected chi connectivity index (χ3v) is 5.13. The van der Waals surface area contributed by atoms with Crippen LogP contribution in [-0.2, 0) is 24.2 Å². The molecule has 1 atom stereocenters. The van der Waals surface area contributed by atoms with Gasteiger partial charge in [0.15, 0.2) is 0 Å². The smallest absolute Gasteiger partial charge is 0.303 e. The monoisotopic (exact) mass is 417 g/mol. The number of nitrogens with one attached hydrogen (secondary N) is 1. The van der Waals surface area contributed by atoms with Crippen LogP contribution in [0.25, 0.3) is 10.9 Å². The average molecular weight is 417 g/mol. The van der Waals surface area contributed by atoms with Crippen LogP contribution >= 0.6 is 0 Å². The lowest BCUT2D eigenvalue weighted by molar-refractivity contribution is -0.138. The van der Waals surface area contributed by atoms with Gasteiger partial charge in [-0.1, -0.05) is 36.4 Å². The summed E-state index contributed by atoms with van der Waals surface area (Å²) in [6.07, 6.45) is 2.08. The Kier molecular flexibility index (Phi) is 6.47. The van der Waals surface area contributed by atoms with Crippen molar-refractivity contribution in [1.82, 2.24) is 25.6 Å². The van der Waals surface area contributed by atoms with Gasteiger partial charge in [-0.15, -0.1) is 5.10 Å². The number of hydrogen-bond donors (Lipinski definition) is 2. The number of carboxylic acids is 1. The van der Waals surface area contributed by atoms with Crippen LogP contribution in [0.2, 0.25) is 0 Å². The summed E-state index contributed by atoms with van der Waals surface area (Å²) >= 11 is 0. The van der Waals surface area contributed by atoms with Crippen molar-refractivity contribution in [3.8, 4) is 5.75 Å². The van der Waals surface area contributed by atoms with E-state index >= 15 is 0 Å². The van der Waals surface area contributed by atoms with E-state index in [-0.39, 0.29) is 12.3 Å². The number of H-pyrrole nitrogens is 1. The van der Waals surface area contributed by atoms with E-state index in [1.807, 2.05) is 60.7 Å². The van der Waals surface area contributed by atoms with E-state index in [4.69, 9.17) is 4.74 Å². The van der Waals surface area contributed by atoms with Crippen LogP contribution in [0.5, 0.6) is 5.75 Å². The van der Waals surface area contributed by atoms with E-state index in [9.17, 15) is 9.90 Å². The molecule has 0 bridgehead atoms. The second-order valence-corrected chi connectivity index (χ2v) is 7.48. The zero-order chi connectivity index (χ0) is 21.5. The molecule has 158 valence electrons. The first kappa shape index (κ1) is 20.5. The second-order valence-electron chi connectivity index (χ2n) is 7.48. The Labute approximate surface area is 179 Å². The van der Waals surface area contributed by atoms with Crippen LogP contribution in [0.15, 0.2) is 60.7 Å². The minimum atomic E-state index is -0.802. The van der Waals surface area contributed by atoms with E-state index in [1.54, 1.807) is 0 Å². The van der Waals surface area contributed by atoms with E-state index in [0.717, 1.165) is 27.9 Å². The number of benzene rings is 2. The Morgan fingerprint density at radius 2 is 1.90 bits per heavy atom. The summed E-state index contributed by atoms with van der Waals surface area (Å²) in [4.78, 5) is 15.9. The molecule has 4 aromatic rings. The van der Waals surface area contributed by atoms with Crippen molar-refractivity contribution in [1.29, 1.82) is 0 Å². The van der Waals surface area contributed by atoms with Crippen molar-refractivity contribution < 1.29 is 14.6 Å². The van der Waals surface area contributed by atoms with Crippen LogP contribution in [-0.4, -0.2) is 36.7 Å². The minimum absolute atomic E-state index is 0.00355. The van der Waals surface area contributed by atoms with Gasteiger partial charge >= 0.3 is 5.97 Å². The van der Waals surface area contributed by atoms with Gasteiger partial charge in [-0.2, -0.15) is 0 Å². The Balaban J connectivity index is 1.33. The number of fused-ring (bicyclic) bond motifs is 1. The average Bonchev–Trinajstić information content (AvgIpc) is 3.30. The molecular weight excluding hydrogens is 394 g/mol. The molecule has 0 amide bonds. The van der Waals surface area contributed by atoms with Gasteiger partial charge in [-0.25, -0.2) is 10.1 Å². The van der Waals surface area contributed by atoms with Crippen molar-refractivity contribution >= 4 is 16.9 Å². The summed E-state index contributed by atoms with van der Waals surface area (Å²) < 4.78 is 5.88. The third kappa shape index (κ3) is 5.85. The largest absolute Gasteiger partial charge is 0.487 e. The van der Waals surface area contributed by atoms with Gasteiger partial charge in [0.05, 0.1) is 11.2 Å². The normalized spacial score (nSPS) is 12.0. The van der Waals surface area contributed by atoms with Crippen molar-refractivity contribution in [2.45, 2.75) is 32.3 Å². The molecule has 0 radical (unpaired) electrons. The van der Waals surface area contributed by atoms with Gasteiger partial charge in [0.25, 0.3) is 0 Å². The van der Waals surface area contributed by atoms with Gasteiger partial charge in [-0.3, -0.25) is 4.79 Å². The van der Waals surface area contributed by atoms with Gasteiger partial charge < -0.3 is 9.84 Å². The molecule has 1 unspecified atom stereocenters. The molecule has 0 aliphatic heterocycles. The number of para-hydroxylation sites is 1. The molecule has 4 rings (SSSR count). The topological polar surface area (TPSA) is 114 Å². The van der Waals surface area contributed by atoms with Gasteiger partial charge in [-0.05, 0) is 59.0 Å². The van der Waals surface area contributed by atoms with Gasteiger partial charge in [0, 0.05) is 18.2 Å². The fourth-order valence-electron chi connectivity index (χ4n) is 3.55. The molecule has 2 aromatic carbocycles. The van der Waals surface area contributed by atoms with E-state index in [0.29, 0.717) is 31.7 Å². The Hall–Kier alpha value is -3.81. The summed E-state index contributed by atoms with van der Waals surface area (Å²) in [5.74, 6) is 0.613. The predicted molar refractivity (Wildman–Crippen MR) is 114 cm³/mol. The van der Waals surface area contributed by atoms with E-state index in [2.05, 4.69) is 25.6 Å². The maximum absolute atomic E-state index is 11.2. The zero-order valence-electron chi connectivity index (χ0n) is 16.9. The molecule has 0 fully saturated rings. The van der Waals surface area contributed by atoms with Crippen molar-refractivity contribution in [2.75, 3.05) is 0 Å². The molecule has 0 saturated heterocycles. The zero-order valence-corrected chi connectivity index (χ0v) is 16.9. The Bertz CT molecular complexity index is 1130. The number of nitrogens with zero attached hydrogens (tertiary/aromatic N) is 4. The fourth-order valence-corrected chi connectivity index (χ4v) is 3.55. The predicted octanol–water partition coefficient (Wildman–Crippen LogP) is 3.59. The molecule has 0 saturated carbocycles. The molecule has 0 aliphatic carbocycles. The highest BCUT2D eigenvalue weighted by molar-refractivity contribution is 5.78. The summed E-state index contributed by atoms with van der Waals surface area (Å²) in [5.41, 5.74) is 2.88. The van der Waals surface area contributed by atoms with Crippen molar-refractivity contribution in [3.05, 3.63) is 77.7 Å². The summed E-state index contributed by atoms with van der Waals surface area (Å²) in [6.45, 7) is 0.386. The number of ether oxygens (including phenoxy) is 1. The minimum Gasteiger partial charge on any atom is -0.487 e. The molecule has 0 aliphatic rings. The van der Waals surface area contributed by atoms with Crippen molar-refractivity contribution in [3.63, 3.8) is 0 Å². The number of aromatic nitrogens is 5. The van der Waals surface area contributed by atoms with Crippen LogP contribution in [0, 0.1) is 5.92 Å². The SMILES string of the molecule is O=C(O)CC(CCc1nnn[nH]1)Cc1ccc(OCc2ccc3ccccc3n2)cc1. The second kappa shape index (κ2) is 9.80. The van der Waals surface area contributed by atoms with Crippen molar-refractivity contribution in [2.24, 2.45) is 5.92 Å². The number of carboxylic acid groups (broad SMARTS) is 1. The molecule has 2 N–H and O–H groups in total. The standard InChI is InChI=1S/C23H23N5O3/c29-23(30)14-17(7-12-22-25-27-28-26-22)13-16-5-10-20(11-6-16)31-15-19-9-8-18-3-1-2-4-21(18)24-19/h1-6,8-11,17H,7,12-15H2,(H,29,30)(H,25,26,27,28). The lowest BCUT2D eigenvalue weighted by Gasteiger charge is -2.14. The van der Waals surface area contributed by atoms with Crippen LogP contribution in [0.3, 0.4) is 0 Å². The number of aryl methyl sites for hydroxylation is 1. The summed E-state index contributed by atoms with van der Waals surface area (Å²) in [7, 11) is 0. The van der Waals surface area contributed by atoms with E-state index in [1.165, 1.54) is 0 Å². The first-order chi connectivity index (χ1) is 15.2. The Morgan fingerprint density at radius 3 is 2.68 bits per heavy atom. The lowest BCUT2D eigenvalue weighted by Crippen LogP contribution is -2.12. The van der Waals surface area contributed by atoms with Gasteiger partial charge in [0.1, 0.15) is 18.2 Å². The van der Waals surface area contributed by atoms with Crippen LogP contribution in [0.1, 0.15) is 29.9 Å². The number of tetrazole rings is 1. The number of hydrogen-bond acceptors (Lipinski definition) is 6. The molecule has 8 heteroatoms. The highest BCUT2D eigenvalue weighted by atomic mass is 16.5. The van der Waals surface area contributed by atoms with Crippen LogP contribution in [0.4, 0.5) is 0 Å². The number of carbonyl (C=O) groups is 1. The molecule has 2 heterocycles. The molecular formula is C23H23N5O3. The number of aromatic amines is 1. The fraction of sp³-hybridized carbons (Fsp3) is 0.261. The third-order valence-electron chi connectivity index (χ3n) is 5.13. The number of pyridine rings is 1. The highest BCUT2D eigenvalue weighted by Crippen LogP contribution is 2.21. The highest BCUT2D eigenvalue weighted by Gasteiger charge is 2.15. The van der Waals surface area contributed by atoms with Gasteiger partial charge in [0.2, 0.25) is 0 Å². The van der Waals surface area contributed by atoms with Crippen LogP contribution < -0.4 is 4.74 Å². The Morgan fingerprint density at radius 1 is 1.06 bits per heavy atom. The summed E-state index contributed by atoms with van der Waals surface area (Å²) in [6, 6.07) is 19.8. The number of aliphatic carboxylic acids is 1. The molecule has 2 aromatic heterocycles. The number of rotatable bonds is 10. The maximum atomic E-state index is 11.2. The quantitative estimate of drug-likeness (QED) is 0.405. The first-order valence-electron chi connectivity index (χ1n) is 10.2.